The molecule has 2 saturated carbocycles. The van der Waals surface area contributed by atoms with E-state index in [1.165, 1.54) is 24.0 Å². The van der Waals surface area contributed by atoms with E-state index in [1.807, 2.05) is 12.2 Å². The first-order chi connectivity index (χ1) is 17.5. The summed E-state index contributed by atoms with van der Waals surface area (Å²) in [6.45, 7) is 0. The van der Waals surface area contributed by atoms with Crippen LogP contribution in [0.3, 0.4) is 0 Å². The zero-order valence-corrected chi connectivity index (χ0v) is 19.7. The molecule has 2 aliphatic heterocycles. The Hall–Kier alpha value is -3.94. The first-order valence-corrected chi connectivity index (χ1v) is 12.2. The Morgan fingerprint density at radius 2 is 0.917 bits per heavy atom. The fourth-order valence-corrected chi connectivity index (χ4v) is 7.70. The molecule has 0 spiro atoms. The van der Waals surface area contributed by atoms with Gasteiger partial charge in [-0.3, -0.25) is 19.2 Å². The summed E-state index contributed by atoms with van der Waals surface area (Å²) >= 11 is 0. The molecule has 0 unspecified atom stereocenters. The number of benzene rings is 2. The largest absolute Gasteiger partial charge is 0.495 e. The number of rotatable bonds is 4. The highest BCUT2D eigenvalue weighted by atomic mass is 16.5. The molecule has 0 N–H and O–H groups in total. The van der Waals surface area contributed by atoms with E-state index >= 15 is 0 Å². The molecular weight excluding hydrogens is 460 g/mol. The second kappa shape index (κ2) is 7.29. The smallest absolute Gasteiger partial charge is 0.238 e. The molecule has 2 bridgehead atoms. The quantitative estimate of drug-likeness (QED) is 0.489. The molecule has 8 rings (SSSR count). The van der Waals surface area contributed by atoms with Crippen LogP contribution in [-0.4, -0.2) is 37.8 Å². The van der Waals surface area contributed by atoms with Crippen molar-refractivity contribution in [2.45, 2.75) is 0 Å². The second-order valence-corrected chi connectivity index (χ2v) is 10.2. The van der Waals surface area contributed by atoms with Crippen molar-refractivity contribution in [2.24, 2.45) is 47.3 Å². The topological polar surface area (TPSA) is 93.2 Å². The van der Waals surface area contributed by atoms with Gasteiger partial charge < -0.3 is 9.47 Å². The lowest BCUT2D eigenvalue weighted by Crippen LogP contribution is -2.63. The van der Waals surface area contributed by atoms with Gasteiger partial charge in [0.25, 0.3) is 0 Å². The van der Waals surface area contributed by atoms with E-state index in [-0.39, 0.29) is 47.3 Å². The second-order valence-electron chi connectivity index (χ2n) is 10.2. The lowest BCUT2D eigenvalue weighted by Gasteiger charge is -2.60. The van der Waals surface area contributed by atoms with Crippen LogP contribution in [-0.2, 0) is 19.2 Å². The summed E-state index contributed by atoms with van der Waals surface area (Å²) in [5.41, 5.74) is 0.877. The number of allylic oxidation sites excluding steroid dienone is 2. The first kappa shape index (κ1) is 21.4. The first-order valence-electron chi connectivity index (χ1n) is 12.2. The van der Waals surface area contributed by atoms with Gasteiger partial charge in [-0.1, -0.05) is 36.4 Å². The van der Waals surface area contributed by atoms with Crippen LogP contribution in [0.1, 0.15) is 0 Å². The summed E-state index contributed by atoms with van der Waals surface area (Å²) in [5.74, 6) is -2.97. The van der Waals surface area contributed by atoms with Crippen LogP contribution in [0.4, 0.5) is 11.4 Å². The van der Waals surface area contributed by atoms with Gasteiger partial charge in [-0.2, -0.15) is 0 Å². The Labute approximate surface area is 207 Å². The summed E-state index contributed by atoms with van der Waals surface area (Å²) in [6, 6.07) is 14.0. The van der Waals surface area contributed by atoms with Gasteiger partial charge in [0.1, 0.15) is 11.5 Å². The van der Waals surface area contributed by atoms with Crippen LogP contribution in [0.2, 0.25) is 0 Å². The van der Waals surface area contributed by atoms with Gasteiger partial charge in [0.05, 0.1) is 49.3 Å². The van der Waals surface area contributed by atoms with Crippen molar-refractivity contribution >= 4 is 35.0 Å². The summed E-state index contributed by atoms with van der Waals surface area (Å²) in [4.78, 5) is 57.2. The van der Waals surface area contributed by atoms with Gasteiger partial charge in [0.2, 0.25) is 23.6 Å². The number of imide groups is 2. The number of amides is 4. The predicted molar refractivity (Wildman–Crippen MR) is 128 cm³/mol. The molecule has 0 aromatic heterocycles. The molecule has 2 saturated heterocycles. The van der Waals surface area contributed by atoms with Gasteiger partial charge in [-0.15, -0.1) is 0 Å². The van der Waals surface area contributed by atoms with Gasteiger partial charge in [0, 0.05) is 0 Å². The van der Waals surface area contributed by atoms with E-state index < -0.39 is 23.7 Å². The maximum Gasteiger partial charge on any atom is 0.238 e. The van der Waals surface area contributed by atoms with Crippen molar-refractivity contribution in [1.82, 2.24) is 0 Å². The third kappa shape index (κ3) is 2.39. The maximum absolute atomic E-state index is 13.7. The number of hydrogen-bond acceptors (Lipinski definition) is 6. The Bertz CT molecular complexity index is 1330. The lowest BCUT2D eigenvalue weighted by molar-refractivity contribution is -0.166. The van der Waals surface area contributed by atoms with Crippen molar-refractivity contribution < 1.29 is 28.7 Å². The summed E-state index contributed by atoms with van der Waals surface area (Å²) in [5, 5.41) is 0. The molecule has 0 radical (unpaired) electrons. The van der Waals surface area contributed by atoms with Crippen LogP contribution in [0, 0.1) is 47.3 Å². The third-order valence-electron chi connectivity index (χ3n) is 9.00. The molecule has 2 heterocycles. The van der Waals surface area contributed by atoms with E-state index in [9.17, 15) is 19.2 Å². The molecule has 4 fully saturated rings. The zero-order valence-electron chi connectivity index (χ0n) is 19.7. The van der Waals surface area contributed by atoms with E-state index in [0.717, 1.165) is 0 Å². The van der Waals surface area contributed by atoms with Gasteiger partial charge in [-0.05, 0) is 47.9 Å². The molecule has 8 heteroatoms. The number of hydrogen-bond donors (Lipinski definition) is 0. The number of carbonyl (C=O) groups excluding carboxylic acids is 4. The minimum absolute atomic E-state index is 0.142. The van der Waals surface area contributed by atoms with E-state index in [4.69, 9.17) is 9.47 Å². The number of fused-ring (bicyclic) bond motifs is 1. The molecule has 6 aliphatic rings. The summed E-state index contributed by atoms with van der Waals surface area (Å²) < 4.78 is 10.8. The van der Waals surface area contributed by atoms with Crippen molar-refractivity contribution in [3.05, 3.63) is 60.7 Å². The van der Waals surface area contributed by atoms with E-state index in [0.29, 0.717) is 22.9 Å². The lowest BCUT2D eigenvalue weighted by atomic mass is 9.40. The van der Waals surface area contributed by atoms with Gasteiger partial charge in [-0.25, -0.2) is 9.80 Å². The van der Waals surface area contributed by atoms with Crippen LogP contribution < -0.4 is 19.3 Å². The average Bonchev–Trinajstić information content (AvgIpc) is 3.27. The van der Waals surface area contributed by atoms with Crippen LogP contribution in [0.25, 0.3) is 0 Å². The minimum atomic E-state index is -0.539. The number of nitrogens with zero attached hydrogens (tertiary/aromatic N) is 2. The molecule has 182 valence electrons. The highest BCUT2D eigenvalue weighted by Gasteiger charge is 2.75. The Morgan fingerprint density at radius 1 is 0.556 bits per heavy atom. The molecule has 36 heavy (non-hydrogen) atoms. The maximum atomic E-state index is 13.7. The minimum Gasteiger partial charge on any atom is -0.495 e. The van der Waals surface area contributed by atoms with Crippen LogP contribution >= 0.6 is 0 Å². The Morgan fingerprint density at radius 3 is 1.31 bits per heavy atom. The SMILES string of the molecule is COc1ccccc1N1C(=O)[C@@H]2[C@H]3C=C[C@@H]([C@@H]2C1=O)[C@@H]1[C@@H]2C(=O)N(c4ccccc4OC)C(=O)[C@@H]2[C@H]31. The van der Waals surface area contributed by atoms with Gasteiger partial charge in [0.15, 0.2) is 0 Å². The average molecular weight is 485 g/mol. The van der Waals surface area contributed by atoms with Crippen LogP contribution in [0.5, 0.6) is 11.5 Å². The van der Waals surface area contributed by atoms with Crippen LogP contribution in [0.15, 0.2) is 60.7 Å². The van der Waals surface area contributed by atoms with E-state index in [2.05, 4.69) is 0 Å². The normalized spacial score (nSPS) is 35.5. The number of ether oxygens (including phenoxy) is 2. The summed E-state index contributed by atoms with van der Waals surface area (Å²) in [6.07, 6.45) is 4.01. The number of para-hydroxylation sites is 4. The number of methoxy groups -OCH3 is 2. The standard InChI is InChI=1S/C28H24N2O6/c1-35-17-9-5-3-7-15(17)29-25(31)21-13-11-12-14(22(21)26(29)32)20-19(13)23-24(20)28(34)30(27(23)33)16-8-4-6-10-18(16)36-2/h3-14,19-24H,1-2H3/t13-,14+,19+,20-,21+,22-,23+,24-. The van der Waals surface area contributed by atoms with Gasteiger partial charge >= 0.3 is 0 Å². The van der Waals surface area contributed by atoms with Crippen molar-refractivity contribution in [3.8, 4) is 11.5 Å². The molecule has 8 atom stereocenters. The molecule has 4 amide bonds. The number of anilines is 2. The molecular formula is C28H24N2O6. The highest BCUT2D eigenvalue weighted by molar-refractivity contribution is 6.25. The van der Waals surface area contributed by atoms with Crippen molar-refractivity contribution in [1.29, 1.82) is 0 Å². The monoisotopic (exact) mass is 484 g/mol. The molecule has 4 aliphatic carbocycles. The fraction of sp³-hybridized carbons (Fsp3) is 0.357. The molecule has 2 aromatic carbocycles. The molecule has 8 nitrogen and oxygen atoms in total. The van der Waals surface area contributed by atoms with Crippen molar-refractivity contribution in [3.63, 3.8) is 0 Å². The van der Waals surface area contributed by atoms with Crippen molar-refractivity contribution in [2.75, 3.05) is 24.0 Å². The zero-order chi connectivity index (χ0) is 24.9. The summed E-state index contributed by atoms with van der Waals surface area (Å²) in [7, 11) is 3.02. The third-order valence-corrected chi connectivity index (χ3v) is 9.00. The fourth-order valence-electron chi connectivity index (χ4n) is 7.70. The van der Waals surface area contributed by atoms with E-state index in [1.54, 1.807) is 48.5 Å². The Balaban J connectivity index is 1.26. The highest BCUT2D eigenvalue weighted by Crippen LogP contribution is 2.68. The predicted octanol–water partition coefficient (Wildman–Crippen LogP) is 2.68. The number of carbonyl (C=O) groups is 4. The Kier molecular flexibility index (Phi) is 4.32. The molecule has 2 aromatic rings.